The van der Waals surface area contributed by atoms with Gasteiger partial charge in [0.1, 0.15) is 6.54 Å². The van der Waals surface area contributed by atoms with E-state index in [9.17, 15) is 14.4 Å². The highest BCUT2D eigenvalue weighted by Crippen LogP contribution is 2.24. The van der Waals surface area contributed by atoms with E-state index in [1.54, 1.807) is 31.2 Å². The fourth-order valence-electron chi connectivity index (χ4n) is 3.22. The van der Waals surface area contributed by atoms with E-state index in [1.807, 2.05) is 41.8 Å². The molecule has 1 heterocycles. The van der Waals surface area contributed by atoms with Crippen LogP contribution in [0, 0.1) is 6.92 Å². The van der Waals surface area contributed by atoms with Crippen molar-refractivity contribution in [3.63, 3.8) is 0 Å². The van der Waals surface area contributed by atoms with Gasteiger partial charge in [-0.25, -0.2) is 5.43 Å². The van der Waals surface area contributed by atoms with Crippen LogP contribution in [0.2, 0.25) is 0 Å². The van der Waals surface area contributed by atoms with Crippen LogP contribution in [0.4, 0.5) is 0 Å². The first kappa shape index (κ1) is 21.8. The largest absolute Gasteiger partial charge is 0.465 e. The summed E-state index contributed by atoms with van der Waals surface area (Å²) in [6.45, 7) is 3.85. The number of nitrogens with one attached hydrogen (secondary N) is 2. The third-order valence-corrected chi connectivity index (χ3v) is 4.70. The molecule has 2 amide bonds. The summed E-state index contributed by atoms with van der Waals surface area (Å²) in [5.74, 6) is -1.11. The van der Waals surface area contributed by atoms with E-state index < -0.39 is 5.91 Å². The quantitative estimate of drug-likeness (QED) is 0.332. The van der Waals surface area contributed by atoms with Gasteiger partial charge in [0.2, 0.25) is 0 Å². The third kappa shape index (κ3) is 5.36. The number of esters is 1. The van der Waals surface area contributed by atoms with Gasteiger partial charge in [0.05, 0.1) is 19.4 Å². The van der Waals surface area contributed by atoms with Gasteiger partial charge in [0.25, 0.3) is 11.8 Å². The number of aromatic nitrogens is 1. The Bertz CT molecular complexity index is 1120. The van der Waals surface area contributed by atoms with E-state index in [4.69, 9.17) is 4.74 Å². The lowest BCUT2D eigenvalue weighted by Crippen LogP contribution is -2.34. The molecule has 0 unspecified atom stereocenters. The molecular formula is C23H24N4O4. The summed E-state index contributed by atoms with van der Waals surface area (Å²) in [4.78, 5) is 36.0. The molecule has 3 aromatic rings. The number of fused-ring (bicyclic) bond motifs is 1. The van der Waals surface area contributed by atoms with E-state index in [0.717, 1.165) is 22.2 Å². The lowest BCUT2D eigenvalue weighted by atomic mass is 10.1. The number of benzene rings is 2. The van der Waals surface area contributed by atoms with Crippen molar-refractivity contribution in [3.8, 4) is 0 Å². The number of nitrogens with zero attached hydrogens (tertiary/aromatic N) is 2. The average molecular weight is 420 g/mol. The minimum Gasteiger partial charge on any atom is -0.465 e. The van der Waals surface area contributed by atoms with Crippen molar-refractivity contribution in [2.45, 2.75) is 20.4 Å². The molecule has 3 rings (SSSR count). The Labute approximate surface area is 179 Å². The van der Waals surface area contributed by atoms with Gasteiger partial charge in [-0.1, -0.05) is 36.4 Å². The normalized spacial score (nSPS) is 10.9. The Balaban J connectivity index is 1.67. The van der Waals surface area contributed by atoms with Crippen molar-refractivity contribution in [1.82, 2.24) is 15.3 Å². The molecule has 31 heavy (non-hydrogen) atoms. The van der Waals surface area contributed by atoms with Crippen LogP contribution >= 0.6 is 0 Å². The van der Waals surface area contributed by atoms with Crippen molar-refractivity contribution < 1.29 is 19.1 Å². The molecule has 0 fully saturated rings. The van der Waals surface area contributed by atoms with Crippen LogP contribution in [0.5, 0.6) is 0 Å². The lowest BCUT2D eigenvalue weighted by Gasteiger charge is -2.07. The van der Waals surface area contributed by atoms with Gasteiger partial charge in [-0.3, -0.25) is 14.4 Å². The summed E-state index contributed by atoms with van der Waals surface area (Å²) in [7, 11) is 0. The van der Waals surface area contributed by atoms with Gasteiger partial charge < -0.3 is 14.6 Å². The van der Waals surface area contributed by atoms with Crippen molar-refractivity contribution in [1.29, 1.82) is 0 Å². The van der Waals surface area contributed by atoms with Crippen LogP contribution in [-0.2, 0) is 20.9 Å². The molecule has 0 aliphatic rings. The number of carbonyl (C=O) groups excluding carboxylic acids is 3. The molecular weight excluding hydrogens is 396 g/mol. The highest BCUT2D eigenvalue weighted by Gasteiger charge is 2.15. The number of hydrogen-bond donors (Lipinski definition) is 2. The first-order valence-corrected chi connectivity index (χ1v) is 9.89. The summed E-state index contributed by atoms with van der Waals surface area (Å²) >= 11 is 0. The molecule has 1 aromatic heterocycles. The van der Waals surface area contributed by atoms with Crippen LogP contribution in [0.3, 0.4) is 0 Å². The molecule has 160 valence electrons. The molecule has 8 nitrogen and oxygen atoms in total. The second-order valence-corrected chi connectivity index (χ2v) is 6.75. The van der Waals surface area contributed by atoms with Gasteiger partial charge in [-0.05, 0) is 32.0 Å². The lowest BCUT2D eigenvalue weighted by molar-refractivity contribution is -0.143. The van der Waals surface area contributed by atoms with Crippen LogP contribution < -0.4 is 10.7 Å². The van der Waals surface area contributed by atoms with Crippen LogP contribution in [0.15, 0.2) is 59.7 Å². The molecule has 0 saturated heterocycles. The fraction of sp³-hybridized carbons (Fsp3) is 0.217. The molecule has 8 heteroatoms. The number of para-hydroxylation sites is 1. The maximum atomic E-state index is 12.0. The fourth-order valence-corrected chi connectivity index (χ4v) is 3.22. The van der Waals surface area contributed by atoms with E-state index in [-0.39, 0.29) is 25.0 Å². The van der Waals surface area contributed by atoms with Crippen LogP contribution in [-0.4, -0.2) is 41.7 Å². The van der Waals surface area contributed by atoms with Crippen LogP contribution in [0.1, 0.15) is 28.5 Å². The van der Waals surface area contributed by atoms with Gasteiger partial charge in [0.15, 0.2) is 0 Å². The Kier molecular flexibility index (Phi) is 7.16. The molecule has 0 spiro atoms. The zero-order valence-electron chi connectivity index (χ0n) is 17.4. The number of hydrazone groups is 1. The number of carbonyl (C=O) groups is 3. The van der Waals surface area contributed by atoms with Gasteiger partial charge >= 0.3 is 5.97 Å². The van der Waals surface area contributed by atoms with Gasteiger partial charge in [-0.2, -0.15) is 5.10 Å². The van der Waals surface area contributed by atoms with E-state index >= 15 is 0 Å². The number of amides is 2. The standard InChI is InChI=1S/C23H24N4O4/c1-3-31-22(29)15-27-16(2)19(18-11-7-8-12-20(18)27)13-25-26-21(28)14-24-23(30)17-9-5-4-6-10-17/h4-13H,3,14-15H2,1-2H3,(H,24,30)(H,26,28)/b25-13-. The first-order valence-electron chi connectivity index (χ1n) is 9.89. The Morgan fingerprint density at radius 1 is 1.06 bits per heavy atom. The van der Waals surface area contributed by atoms with Crippen molar-refractivity contribution in [2.75, 3.05) is 13.2 Å². The van der Waals surface area contributed by atoms with Crippen LogP contribution in [0.25, 0.3) is 10.9 Å². The maximum Gasteiger partial charge on any atom is 0.325 e. The summed E-state index contributed by atoms with van der Waals surface area (Å²) in [6.07, 6.45) is 1.54. The number of rotatable bonds is 8. The maximum absolute atomic E-state index is 12.0. The molecule has 0 saturated carbocycles. The Morgan fingerprint density at radius 3 is 2.52 bits per heavy atom. The SMILES string of the molecule is CCOC(=O)Cn1c(C)c(/C=N\NC(=O)CNC(=O)c2ccccc2)c2ccccc21. The number of hydrogen-bond acceptors (Lipinski definition) is 5. The summed E-state index contributed by atoms with van der Waals surface area (Å²) in [5.41, 5.74) is 5.37. The minimum absolute atomic E-state index is 0.0892. The summed E-state index contributed by atoms with van der Waals surface area (Å²) < 4.78 is 6.92. The molecule has 2 aromatic carbocycles. The zero-order valence-corrected chi connectivity index (χ0v) is 17.4. The second-order valence-electron chi connectivity index (χ2n) is 6.75. The molecule has 0 radical (unpaired) electrons. The zero-order chi connectivity index (χ0) is 22.2. The van der Waals surface area contributed by atoms with Crippen molar-refractivity contribution in [2.24, 2.45) is 5.10 Å². The predicted octanol–water partition coefficient (Wildman–Crippen LogP) is 2.39. The second kappa shape index (κ2) is 10.2. The molecule has 0 bridgehead atoms. The Morgan fingerprint density at radius 2 is 1.77 bits per heavy atom. The van der Waals surface area contributed by atoms with E-state index in [0.29, 0.717) is 12.2 Å². The summed E-state index contributed by atoms with van der Waals surface area (Å²) in [5, 5.41) is 7.47. The van der Waals surface area contributed by atoms with E-state index in [1.165, 1.54) is 6.21 Å². The van der Waals surface area contributed by atoms with Crippen molar-refractivity contribution >= 4 is 34.9 Å². The monoisotopic (exact) mass is 420 g/mol. The molecule has 2 N–H and O–H groups in total. The molecule has 0 aliphatic heterocycles. The topological polar surface area (TPSA) is 102 Å². The van der Waals surface area contributed by atoms with Gasteiger partial charge in [-0.15, -0.1) is 0 Å². The predicted molar refractivity (Wildman–Crippen MR) is 118 cm³/mol. The first-order chi connectivity index (χ1) is 15.0. The third-order valence-electron chi connectivity index (χ3n) is 4.70. The van der Waals surface area contributed by atoms with E-state index in [2.05, 4.69) is 15.8 Å². The molecule has 0 aliphatic carbocycles. The van der Waals surface area contributed by atoms with Crippen molar-refractivity contribution in [3.05, 3.63) is 71.4 Å². The summed E-state index contributed by atoms with van der Waals surface area (Å²) in [6, 6.07) is 16.3. The number of ether oxygens (including phenoxy) is 1. The Hall–Kier alpha value is -3.94. The minimum atomic E-state index is -0.451. The average Bonchev–Trinajstić information content (AvgIpc) is 3.04. The highest BCUT2D eigenvalue weighted by molar-refractivity contribution is 6.02. The smallest absolute Gasteiger partial charge is 0.325 e. The van der Waals surface area contributed by atoms with Gasteiger partial charge in [0, 0.05) is 27.7 Å². The highest BCUT2D eigenvalue weighted by atomic mass is 16.5. The molecule has 0 atom stereocenters.